The summed E-state index contributed by atoms with van der Waals surface area (Å²) in [6, 6.07) is 7.17. The number of benzene rings is 2. The minimum Gasteiger partial charge on any atom is -0.317 e. The molecule has 1 atom stereocenters. The van der Waals surface area contributed by atoms with E-state index in [1.165, 1.54) is 11.0 Å². The van der Waals surface area contributed by atoms with Crippen LogP contribution in [-0.2, 0) is 5.41 Å². The van der Waals surface area contributed by atoms with Crippen molar-refractivity contribution in [3.05, 3.63) is 64.2 Å². The van der Waals surface area contributed by atoms with E-state index in [4.69, 9.17) is 11.6 Å². The number of alkyl halides is 3. The zero-order valence-electron chi connectivity index (χ0n) is 16.4. The number of nitrogens with one attached hydrogen (secondary N) is 1. The number of amides is 1. The number of rotatable bonds is 3. The Morgan fingerprint density at radius 3 is 2.55 bits per heavy atom. The van der Waals surface area contributed by atoms with Crippen molar-refractivity contribution in [1.82, 2.24) is 5.32 Å². The smallest absolute Gasteiger partial charge is 0.317 e. The molecule has 0 aliphatic carbocycles. The maximum Gasteiger partial charge on any atom is 0.389 e. The monoisotopic (exact) mass is 458 g/mol. The molecule has 1 spiro atoms. The third-order valence-corrected chi connectivity index (χ3v) is 6.54. The molecule has 1 N–H and O–H groups in total. The van der Waals surface area contributed by atoms with Gasteiger partial charge in [0.15, 0.2) is 11.6 Å². The Kier molecular flexibility index (Phi) is 5.72. The lowest BCUT2D eigenvalue weighted by Crippen LogP contribution is -2.52. The Balaban J connectivity index is 1.86. The van der Waals surface area contributed by atoms with Crippen molar-refractivity contribution in [2.75, 3.05) is 18.0 Å². The number of hydrogen-bond donors (Lipinski definition) is 1. The summed E-state index contributed by atoms with van der Waals surface area (Å²) in [7, 11) is 0. The van der Waals surface area contributed by atoms with Crippen LogP contribution in [0.3, 0.4) is 0 Å². The summed E-state index contributed by atoms with van der Waals surface area (Å²) < 4.78 is 67.8. The molecular weight excluding hydrogens is 439 g/mol. The molecule has 1 amide bonds. The molecule has 2 aliphatic rings. The number of carbonyl (C=O) groups is 1. The van der Waals surface area contributed by atoms with Crippen LogP contribution in [0, 0.1) is 11.6 Å². The van der Waals surface area contributed by atoms with Crippen LogP contribution >= 0.6 is 11.6 Å². The van der Waals surface area contributed by atoms with E-state index in [0.29, 0.717) is 42.2 Å². The Morgan fingerprint density at radius 2 is 1.87 bits per heavy atom. The zero-order valence-corrected chi connectivity index (χ0v) is 17.2. The van der Waals surface area contributed by atoms with E-state index >= 15 is 0 Å². The van der Waals surface area contributed by atoms with Gasteiger partial charge in [0.2, 0.25) is 0 Å². The highest BCUT2D eigenvalue weighted by Gasteiger charge is 2.54. The number of piperidine rings is 1. The lowest BCUT2D eigenvalue weighted by Gasteiger charge is -2.42. The maximum absolute atomic E-state index is 14.4. The van der Waals surface area contributed by atoms with Crippen molar-refractivity contribution in [3.8, 4) is 0 Å². The van der Waals surface area contributed by atoms with Gasteiger partial charge in [-0.1, -0.05) is 17.7 Å². The van der Waals surface area contributed by atoms with Crippen LogP contribution in [-0.4, -0.2) is 31.2 Å². The predicted octanol–water partition coefficient (Wildman–Crippen LogP) is 5.61. The molecular formula is C22H20ClF5N2O. The quantitative estimate of drug-likeness (QED) is 0.606. The second-order valence-electron chi connectivity index (χ2n) is 8.01. The summed E-state index contributed by atoms with van der Waals surface area (Å²) in [5.74, 6) is -3.36. The highest BCUT2D eigenvalue weighted by molar-refractivity contribution is 6.30. The molecule has 0 saturated carbocycles. The van der Waals surface area contributed by atoms with Crippen LogP contribution in [0.4, 0.5) is 27.6 Å². The summed E-state index contributed by atoms with van der Waals surface area (Å²) in [4.78, 5) is 14.6. The number of anilines is 1. The molecule has 4 rings (SSSR count). The van der Waals surface area contributed by atoms with Crippen molar-refractivity contribution in [2.24, 2.45) is 0 Å². The van der Waals surface area contributed by atoms with Gasteiger partial charge in [0, 0.05) is 28.6 Å². The van der Waals surface area contributed by atoms with Crippen LogP contribution in [0.1, 0.15) is 41.6 Å². The number of hydrogen-bond acceptors (Lipinski definition) is 2. The SMILES string of the molecule is O=C(c1cccc(F)c1F)N1c2ccc(Cl)cc2C2(CCNCC2)C1CCC(F)(F)F. The molecule has 2 aromatic rings. The summed E-state index contributed by atoms with van der Waals surface area (Å²) in [5.41, 5.74) is -0.189. The standard InChI is InChI=1S/C22H20ClF5N2O/c23-13-4-5-17-15(12-13)21(8-10-29-11-9-21)18(6-7-22(26,27)28)30(17)20(31)14-2-1-3-16(24)19(14)25/h1-5,12,18,29H,6-11H2. The first-order valence-electron chi connectivity index (χ1n) is 9.99. The maximum atomic E-state index is 14.4. The minimum absolute atomic E-state index is 0.349. The molecule has 1 saturated heterocycles. The van der Waals surface area contributed by atoms with Crippen LogP contribution in [0.2, 0.25) is 5.02 Å². The van der Waals surface area contributed by atoms with E-state index < -0.39 is 47.2 Å². The highest BCUT2D eigenvalue weighted by Crippen LogP contribution is 2.53. The summed E-state index contributed by atoms with van der Waals surface area (Å²) in [6.45, 7) is 1.12. The molecule has 31 heavy (non-hydrogen) atoms. The van der Waals surface area contributed by atoms with E-state index in [2.05, 4.69) is 5.32 Å². The topological polar surface area (TPSA) is 32.3 Å². The van der Waals surface area contributed by atoms with Gasteiger partial charge in [0.05, 0.1) is 5.56 Å². The van der Waals surface area contributed by atoms with E-state index in [1.54, 1.807) is 18.2 Å². The van der Waals surface area contributed by atoms with E-state index in [0.717, 1.165) is 12.1 Å². The van der Waals surface area contributed by atoms with Gasteiger partial charge < -0.3 is 10.2 Å². The largest absolute Gasteiger partial charge is 0.389 e. The van der Waals surface area contributed by atoms with E-state index in [9.17, 15) is 26.7 Å². The van der Waals surface area contributed by atoms with Gasteiger partial charge in [0.1, 0.15) is 0 Å². The molecule has 166 valence electrons. The van der Waals surface area contributed by atoms with Crippen LogP contribution < -0.4 is 10.2 Å². The first-order chi connectivity index (χ1) is 14.6. The fourth-order valence-electron chi connectivity index (χ4n) is 4.94. The second-order valence-corrected chi connectivity index (χ2v) is 8.45. The molecule has 0 bridgehead atoms. The van der Waals surface area contributed by atoms with Crippen molar-refractivity contribution in [3.63, 3.8) is 0 Å². The van der Waals surface area contributed by atoms with Gasteiger partial charge in [0.25, 0.3) is 5.91 Å². The van der Waals surface area contributed by atoms with Crippen molar-refractivity contribution in [2.45, 2.75) is 43.3 Å². The molecule has 2 heterocycles. The van der Waals surface area contributed by atoms with Gasteiger partial charge in [-0.3, -0.25) is 4.79 Å². The third-order valence-electron chi connectivity index (χ3n) is 6.30. The Labute approximate surface area is 181 Å². The first-order valence-corrected chi connectivity index (χ1v) is 10.4. The van der Waals surface area contributed by atoms with Gasteiger partial charge in [-0.15, -0.1) is 0 Å². The number of fused-ring (bicyclic) bond motifs is 2. The average Bonchev–Trinajstić information content (AvgIpc) is 2.97. The number of carbonyl (C=O) groups excluding carboxylic acids is 1. The summed E-state index contributed by atoms with van der Waals surface area (Å²) in [6.07, 6.45) is -4.86. The van der Waals surface area contributed by atoms with Crippen LogP contribution in [0.15, 0.2) is 36.4 Å². The number of nitrogens with zero attached hydrogens (tertiary/aromatic N) is 1. The zero-order chi connectivity index (χ0) is 22.4. The van der Waals surface area contributed by atoms with Gasteiger partial charge in [-0.25, -0.2) is 8.78 Å². The molecule has 9 heteroatoms. The molecule has 1 fully saturated rings. The summed E-state index contributed by atoms with van der Waals surface area (Å²) in [5, 5.41) is 3.60. The van der Waals surface area contributed by atoms with Gasteiger partial charge >= 0.3 is 6.18 Å². The Hall–Kier alpha value is -2.19. The molecule has 1 unspecified atom stereocenters. The fraction of sp³-hybridized carbons (Fsp3) is 0.409. The van der Waals surface area contributed by atoms with E-state index in [1.807, 2.05) is 0 Å². The average molecular weight is 459 g/mol. The Bertz CT molecular complexity index is 1000. The molecule has 3 nitrogen and oxygen atoms in total. The summed E-state index contributed by atoms with van der Waals surface area (Å²) >= 11 is 6.20. The lowest BCUT2D eigenvalue weighted by atomic mass is 9.68. The third kappa shape index (κ3) is 3.91. The van der Waals surface area contributed by atoms with Crippen LogP contribution in [0.5, 0.6) is 0 Å². The molecule has 0 aromatic heterocycles. The Morgan fingerprint density at radius 1 is 1.16 bits per heavy atom. The van der Waals surface area contributed by atoms with Crippen molar-refractivity contribution < 1.29 is 26.7 Å². The highest BCUT2D eigenvalue weighted by atomic mass is 35.5. The fourth-order valence-corrected chi connectivity index (χ4v) is 5.11. The minimum atomic E-state index is -4.42. The second kappa shape index (κ2) is 8.06. The molecule has 2 aromatic carbocycles. The lowest BCUT2D eigenvalue weighted by molar-refractivity contribution is -0.137. The molecule has 2 aliphatic heterocycles. The van der Waals surface area contributed by atoms with Crippen molar-refractivity contribution >= 4 is 23.2 Å². The van der Waals surface area contributed by atoms with Crippen molar-refractivity contribution in [1.29, 1.82) is 0 Å². The molecule has 0 radical (unpaired) electrons. The normalized spacial score (nSPS) is 20.2. The van der Waals surface area contributed by atoms with E-state index in [-0.39, 0.29) is 6.42 Å². The van der Waals surface area contributed by atoms with Gasteiger partial charge in [-0.05, 0) is 68.2 Å². The number of halogens is 6. The predicted molar refractivity (Wildman–Crippen MR) is 107 cm³/mol. The van der Waals surface area contributed by atoms with Gasteiger partial charge in [-0.2, -0.15) is 13.2 Å². The van der Waals surface area contributed by atoms with Crippen LogP contribution in [0.25, 0.3) is 0 Å². The first kappa shape index (κ1) is 22.0.